The minimum atomic E-state index is 0.825. The number of aromatic nitrogens is 1. The summed E-state index contributed by atoms with van der Waals surface area (Å²) in [5.74, 6) is 3.31. The quantitative estimate of drug-likeness (QED) is 0.184. The fourth-order valence-electron chi connectivity index (χ4n) is 7.04. The standard InChI is InChI=1S/C43H27N3O2/c1-2-12-28(13-3-1)43-33-26-29(45-35-14-4-8-18-39(35)47-40-19-9-5-15-36(40)45)22-24-31(33)32-25-23-30(27-34(32)44-43)46-37-16-6-10-20-41(37)48-42-21-11-7-17-38(42)46/h1-27H. The van der Waals surface area contributed by atoms with E-state index in [1.807, 2.05) is 66.7 Å². The van der Waals surface area contributed by atoms with Crippen LogP contribution in [0.25, 0.3) is 32.9 Å². The summed E-state index contributed by atoms with van der Waals surface area (Å²) in [7, 11) is 0. The van der Waals surface area contributed by atoms with E-state index >= 15 is 0 Å². The summed E-state index contributed by atoms with van der Waals surface area (Å²) in [6.45, 7) is 0. The zero-order chi connectivity index (χ0) is 31.6. The van der Waals surface area contributed by atoms with Gasteiger partial charge in [0, 0.05) is 27.7 Å². The Morgan fingerprint density at radius 3 is 1.33 bits per heavy atom. The second-order valence-corrected chi connectivity index (χ2v) is 12.0. The molecule has 1 aromatic heterocycles. The Hall–Kier alpha value is -6.59. The number of para-hydroxylation sites is 8. The first-order chi connectivity index (χ1) is 23.8. The molecular weight excluding hydrogens is 590 g/mol. The van der Waals surface area contributed by atoms with Crippen molar-refractivity contribution < 1.29 is 9.47 Å². The maximum atomic E-state index is 6.31. The molecule has 0 saturated carbocycles. The highest BCUT2D eigenvalue weighted by molar-refractivity contribution is 6.13. The highest BCUT2D eigenvalue weighted by Gasteiger charge is 2.28. The summed E-state index contributed by atoms with van der Waals surface area (Å²) in [5, 5.41) is 3.33. The van der Waals surface area contributed by atoms with E-state index in [0.717, 1.165) is 90.1 Å². The molecule has 0 aliphatic carbocycles. The lowest BCUT2D eigenvalue weighted by atomic mass is 9.98. The van der Waals surface area contributed by atoms with E-state index < -0.39 is 0 Å². The van der Waals surface area contributed by atoms with Gasteiger partial charge in [0.05, 0.1) is 34.0 Å². The molecule has 0 N–H and O–H groups in total. The van der Waals surface area contributed by atoms with Gasteiger partial charge >= 0.3 is 0 Å². The highest BCUT2D eigenvalue weighted by Crippen LogP contribution is 2.52. The second kappa shape index (κ2) is 10.5. The third kappa shape index (κ3) is 4.08. The van der Waals surface area contributed by atoms with E-state index in [1.165, 1.54) is 0 Å². The molecule has 7 aromatic carbocycles. The van der Waals surface area contributed by atoms with Gasteiger partial charge in [-0.1, -0.05) is 91.0 Å². The minimum Gasteiger partial charge on any atom is -0.453 e. The molecule has 0 radical (unpaired) electrons. The van der Waals surface area contributed by atoms with Crippen LogP contribution in [0.5, 0.6) is 23.0 Å². The molecule has 0 fully saturated rings. The molecule has 0 atom stereocenters. The van der Waals surface area contributed by atoms with Gasteiger partial charge in [-0.05, 0) is 78.2 Å². The fraction of sp³-hybridized carbons (Fsp3) is 0. The van der Waals surface area contributed by atoms with Crippen LogP contribution in [0.2, 0.25) is 0 Å². The Morgan fingerprint density at radius 2 is 0.812 bits per heavy atom. The third-order valence-electron chi connectivity index (χ3n) is 9.19. The summed E-state index contributed by atoms with van der Waals surface area (Å²) in [6.07, 6.45) is 0. The van der Waals surface area contributed by atoms with Gasteiger partial charge in [0.1, 0.15) is 0 Å². The van der Waals surface area contributed by atoms with E-state index in [4.69, 9.17) is 14.5 Å². The monoisotopic (exact) mass is 617 g/mol. The molecule has 226 valence electrons. The summed E-state index contributed by atoms with van der Waals surface area (Å²) in [5.41, 5.74) is 8.99. The normalized spacial score (nSPS) is 12.8. The van der Waals surface area contributed by atoms with Crippen molar-refractivity contribution in [1.82, 2.24) is 4.98 Å². The van der Waals surface area contributed by atoms with E-state index in [9.17, 15) is 0 Å². The molecular formula is C43H27N3O2. The third-order valence-corrected chi connectivity index (χ3v) is 9.19. The lowest BCUT2D eigenvalue weighted by molar-refractivity contribution is 0.477. The number of hydrogen-bond donors (Lipinski definition) is 0. The molecule has 8 aromatic rings. The van der Waals surface area contributed by atoms with E-state index in [0.29, 0.717) is 0 Å². The Bertz CT molecular complexity index is 2460. The molecule has 0 bridgehead atoms. The van der Waals surface area contributed by atoms with Gasteiger partial charge in [0.2, 0.25) is 0 Å². The molecule has 3 heterocycles. The second-order valence-electron chi connectivity index (χ2n) is 12.0. The van der Waals surface area contributed by atoms with Gasteiger partial charge < -0.3 is 19.3 Å². The topological polar surface area (TPSA) is 37.8 Å². The summed E-state index contributed by atoms with van der Waals surface area (Å²) < 4.78 is 12.6. The number of hydrogen-bond acceptors (Lipinski definition) is 5. The first-order valence-electron chi connectivity index (χ1n) is 16.1. The van der Waals surface area contributed by atoms with Crippen LogP contribution in [0, 0.1) is 0 Å². The van der Waals surface area contributed by atoms with Crippen molar-refractivity contribution >= 4 is 55.8 Å². The summed E-state index contributed by atoms with van der Waals surface area (Å²) in [6, 6.07) is 56.5. The van der Waals surface area contributed by atoms with Gasteiger partial charge in [0.25, 0.3) is 0 Å². The number of benzene rings is 7. The number of ether oxygens (including phenoxy) is 2. The Labute approximate surface area is 277 Å². The van der Waals surface area contributed by atoms with Crippen LogP contribution in [-0.4, -0.2) is 4.98 Å². The van der Waals surface area contributed by atoms with E-state index in [2.05, 4.69) is 107 Å². The zero-order valence-corrected chi connectivity index (χ0v) is 25.7. The van der Waals surface area contributed by atoms with Crippen molar-refractivity contribution in [2.75, 3.05) is 9.80 Å². The molecule has 0 spiro atoms. The predicted octanol–water partition coefficient (Wildman–Crippen LogP) is 12.2. The first kappa shape index (κ1) is 26.6. The number of fused-ring (bicyclic) bond motifs is 7. The number of rotatable bonds is 3. The molecule has 0 saturated heterocycles. The molecule has 2 aliphatic heterocycles. The van der Waals surface area contributed by atoms with Crippen LogP contribution in [0.1, 0.15) is 0 Å². The van der Waals surface area contributed by atoms with Crippen LogP contribution >= 0.6 is 0 Å². The molecule has 5 nitrogen and oxygen atoms in total. The van der Waals surface area contributed by atoms with Crippen molar-refractivity contribution in [3.63, 3.8) is 0 Å². The number of anilines is 6. The van der Waals surface area contributed by atoms with Crippen molar-refractivity contribution in [2.45, 2.75) is 0 Å². The molecule has 5 heteroatoms. The Balaban J connectivity index is 1.20. The van der Waals surface area contributed by atoms with Crippen molar-refractivity contribution in [3.8, 4) is 34.3 Å². The molecule has 10 rings (SSSR count). The number of nitrogens with zero attached hydrogens (tertiary/aromatic N) is 3. The predicted molar refractivity (Wildman–Crippen MR) is 194 cm³/mol. The van der Waals surface area contributed by atoms with Crippen LogP contribution < -0.4 is 19.3 Å². The molecule has 0 unspecified atom stereocenters. The van der Waals surface area contributed by atoms with Crippen LogP contribution in [0.4, 0.5) is 34.1 Å². The minimum absolute atomic E-state index is 0.825. The maximum Gasteiger partial charge on any atom is 0.151 e. The van der Waals surface area contributed by atoms with Crippen molar-refractivity contribution in [2.24, 2.45) is 0 Å². The van der Waals surface area contributed by atoms with E-state index in [-0.39, 0.29) is 0 Å². The van der Waals surface area contributed by atoms with Gasteiger partial charge in [-0.15, -0.1) is 0 Å². The van der Waals surface area contributed by atoms with Crippen molar-refractivity contribution in [3.05, 3.63) is 164 Å². The summed E-state index contributed by atoms with van der Waals surface area (Å²) >= 11 is 0. The molecule has 0 amide bonds. The lowest BCUT2D eigenvalue weighted by Gasteiger charge is -2.33. The van der Waals surface area contributed by atoms with E-state index in [1.54, 1.807) is 0 Å². The Kier molecular flexibility index (Phi) is 5.81. The van der Waals surface area contributed by atoms with Gasteiger partial charge in [0.15, 0.2) is 23.0 Å². The highest BCUT2D eigenvalue weighted by atomic mass is 16.5. The van der Waals surface area contributed by atoms with Crippen LogP contribution in [0.15, 0.2) is 164 Å². The Morgan fingerprint density at radius 1 is 0.375 bits per heavy atom. The van der Waals surface area contributed by atoms with Crippen molar-refractivity contribution in [1.29, 1.82) is 0 Å². The smallest absolute Gasteiger partial charge is 0.151 e. The number of pyridine rings is 1. The van der Waals surface area contributed by atoms with Crippen LogP contribution in [-0.2, 0) is 0 Å². The summed E-state index contributed by atoms with van der Waals surface area (Å²) in [4.78, 5) is 9.96. The lowest BCUT2D eigenvalue weighted by Crippen LogP contribution is -2.16. The SMILES string of the molecule is c1ccc(-c2nc3cc(N4c5ccccc5Oc5ccccc54)ccc3c3ccc(N4c5ccccc5Oc5ccccc54)cc23)cc1. The van der Waals surface area contributed by atoms with Gasteiger partial charge in [-0.25, -0.2) is 4.98 Å². The average Bonchev–Trinajstić information content (AvgIpc) is 3.15. The maximum absolute atomic E-state index is 6.31. The van der Waals surface area contributed by atoms with Crippen LogP contribution in [0.3, 0.4) is 0 Å². The van der Waals surface area contributed by atoms with Gasteiger partial charge in [-0.2, -0.15) is 0 Å². The molecule has 48 heavy (non-hydrogen) atoms. The molecule has 2 aliphatic rings. The average molecular weight is 618 g/mol. The zero-order valence-electron chi connectivity index (χ0n) is 25.7. The first-order valence-corrected chi connectivity index (χ1v) is 16.1. The van der Waals surface area contributed by atoms with Gasteiger partial charge in [-0.3, -0.25) is 0 Å². The largest absolute Gasteiger partial charge is 0.453 e. The fourth-order valence-corrected chi connectivity index (χ4v) is 7.04.